The van der Waals surface area contributed by atoms with Crippen LogP contribution in [0.15, 0.2) is 10.2 Å². The molecule has 1 heteroatoms. The molecular weight excluding hydrogens is 247 g/mol. The summed E-state index contributed by atoms with van der Waals surface area (Å²) in [6.45, 7) is 2.26. The van der Waals surface area contributed by atoms with Gasteiger partial charge in [-0.15, -0.1) is 0 Å². The zero-order valence-corrected chi connectivity index (χ0v) is 9.64. The van der Waals surface area contributed by atoms with Crippen LogP contribution in [0.25, 0.3) is 0 Å². The molecule has 0 atom stereocenters. The Morgan fingerprint density at radius 1 is 1.00 bits per heavy atom. The van der Waals surface area contributed by atoms with Gasteiger partial charge in [-0.25, -0.2) is 0 Å². The van der Waals surface area contributed by atoms with E-state index >= 15 is 0 Å². The van der Waals surface area contributed by atoms with Crippen LogP contribution in [0.4, 0.5) is 0 Å². The minimum atomic E-state index is 1.27. The zero-order valence-electron chi connectivity index (χ0n) is 7.48. The van der Waals surface area contributed by atoms with E-state index in [-0.39, 0.29) is 0 Å². The number of allylic oxidation sites excluding steroid dienone is 1. The summed E-state index contributed by atoms with van der Waals surface area (Å²) in [4.78, 5) is 0. The van der Waals surface area contributed by atoms with Crippen molar-refractivity contribution in [3.63, 3.8) is 0 Å². The fourth-order valence-electron chi connectivity index (χ4n) is 1.11. The maximum Gasteiger partial charge on any atom is -0.0274 e. The lowest BCUT2D eigenvalue weighted by atomic mass is 10.1. The van der Waals surface area contributed by atoms with Crippen molar-refractivity contribution in [3.05, 3.63) is 10.2 Å². The first-order chi connectivity index (χ1) is 5.41. The fourth-order valence-corrected chi connectivity index (χ4v) is 1.47. The highest BCUT2D eigenvalue weighted by atomic mass is 127. The van der Waals surface area contributed by atoms with Gasteiger partial charge in [0.2, 0.25) is 0 Å². The fraction of sp³-hybridized carbons (Fsp3) is 0.800. The van der Waals surface area contributed by atoms with Crippen molar-refractivity contribution in [3.8, 4) is 0 Å². The Labute approximate surface area is 84.6 Å². The molecule has 0 nitrogen and oxygen atoms in total. The molecule has 66 valence electrons. The van der Waals surface area contributed by atoms with Crippen LogP contribution in [0.2, 0.25) is 0 Å². The molecule has 0 aliphatic heterocycles. The Morgan fingerprint density at radius 2 is 1.64 bits per heavy atom. The van der Waals surface area contributed by atoms with Crippen molar-refractivity contribution in [2.75, 3.05) is 0 Å². The van der Waals surface area contributed by atoms with Gasteiger partial charge in [0.1, 0.15) is 0 Å². The van der Waals surface area contributed by atoms with Gasteiger partial charge in [0.25, 0.3) is 0 Å². The minimum Gasteiger partial charge on any atom is -0.0785 e. The highest BCUT2D eigenvalue weighted by Gasteiger charge is 1.87. The summed E-state index contributed by atoms with van der Waals surface area (Å²) >= 11 is 2.28. The maximum atomic E-state index is 2.28. The Bertz CT molecular complexity index is 86.9. The lowest BCUT2D eigenvalue weighted by molar-refractivity contribution is 0.611. The molecule has 0 aliphatic rings. The molecule has 0 aromatic heterocycles. The molecule has 0 N–H and O–H groups in total. The summed E-state index contributed by atoms with van der Waals surface area (Å²) < 4.78 is 2.11. The topological polar surface area (TPSA) is 0 Å². The van der Waals surface area contributed by atoms with Gasteiger partial charge >= 0.3 is 0 Å². The Morgan fingerprint density at radius 3 is 2.27 bits per heavy atom. The van der Waals surface area contributed by atoms with Crippen LogP contribution in [0, 0.1) is 0 Å². The summed E-state index contributed by atoms with van der Waals surface area (Å²) in [6.07, 6.45) is 12.0. The third kappa shape index (κ3) is 10.5. The average molecular weight is 266 g/mol. The van der Waals surface area contributed by atoms with E-state index in [1.807, 2.05) is 0 Å². The minimum absolute atomic E-state index is 1.27. The molecule has 0 aromatic rings. The summed E-state index contributed by atoms with van der Waals surface area (Å²) in [6, 6.07) is 0. The second-order valence-electron chi connectivity index (χ2n) is 2.92. The molecule has 0 saturated heterocycles. The van der Waals surface area contributed by atoms with E-state index < -0.39 is 0 Å². The van der Waals surface area contributed by atoms with E-state index in [2.05, 4.69) is 39.7 Å². The van der Waals surface area contributed by atoms with Crippen LogP contribution in [0.1, 0.15) is 51.9 Å². The molecule has 0 heterocycles. The van der Waals surface area contributed by atoms with Crippen LogP contribution in [-0.4, -0.2) is 0 Å². The second-order valence-corrected chi connectivity index (χ2v) is 3.64. The van der Waals surface area contributed by atoms with Crippen LogP contribution in [0.3, 0.4) is 0 Å². The van der Waals surface area contributed by atoms with E-state index in [1.54, 1.807) is 0 Å². The molecule has 0 rings (SSSR count). The summed E-state index contributed by atoms with van der Waals surface area (Å²) in [7, 11) is 0. The van der Waals surface area contributed by atoms with Crippen LogP contribution < -0.4 is 0 Å². The summed E-state index contributed by atoms with van der Waals surface area (Å²) in [5, 5.41) is 0. The van der Waals surface area contributed by atoms with Crippen molar-refractivity contribution in [1.29, 1.82) is 0 Å². The van der Waals surface area contributed by atoms with Gasteiger partial charge in [-0.05, 0) is 16.9 Å². The van der Waals surface area contributed by atoms with Crippen LogP contribution in [0.5, 0.6) is 0 Å². The van der Waals surface area contributed by atoms with E-state index in [1.165, 1.54) is 44.9 Å². The largest absolute Gasteiger partial charge is 0.0785 e. The Hall–Kier alpha value is 0.470. The van der Waals surface area contributed by atoms with Gasteiger partial charge in [0.15, 0.2) is 0 Å². The normalized spacial score (nSPS) is 11.1. The van der Waals surface area contributed by atoms with E-state index in [4.69, 9.17) is 0 Å². The molecule has 0 amide bonds. The van der Waals surface area contributed by atoms with Crippen LogP contribution in [-0.2, 0) is 0 Å². The van der Waals surface area contributed by atoms with Gasteiger partial charge in [0.05, 0.1) is 0 Å². The maximum absolute atomic E-state index is 2.28. The molecule has 0 saturated carbocycles. The van der Waals surface area contributed by atoms with Crippen molar-refractivity contribution < 1.29 is 0 Å². The lowest BCUT2D eigenvalue weighted by Gasteiger charge is -1.96. The number of hydrogen-bond donors (Lipinski definition) is 0. The predicted molar refractivity (Wildman–Crippen MR) is 61.2 cm³/mol. The molecule has 11 heavy (non-hydrogen) atoms. The molecule has 0 aliphatic carbocycles. The Balaban J connectivity index is 2.79. The van der Waals surface area contributed by atoms with Crippen molar-refractivity contribution in [2.45, 2.75) is 51.9 Å². The first-order valence-electron chi connectivity index (χ1n) is 4.67. The molecule has 0 bridgehead atoms. The lowest BCUT2D eigenvalue weighted by Crippen LogP contribution is -1.77. The first-order valence-corrected chi connectivity index (χ1v) is 5.91. The standard InChI is InChI=1S/C10H19I/c1-2-3-4-5-6-7-8-9-10-11/h9-10H,2-8H2,1H3. The van der Waals surface area contributed by atoms with E-state index in [0.717, 1.165) is 0 Å². The van der Waals surface area contributed by atoms with E-state index in [0.29, 0.717) is 0 Å². The predicted octanol–water partition coefficient (Wildman–Crippen LogP) is 4.69. The number of unbranched alkanes of at least 4 members (excludes halogenated alkanes) is 6. The third-order valence-corrected chi connectivity index (χ3v) is 2.32. The van der Waals surface area contributed by atoms with E-state index in [9.17, 15) is 0 Å². The van der Waals surface area contributed by atoms with Gasteiger partial charge in [-0.3, -0.25) is 0 Å². The second kappa shape index (κ2) is 10.5. The number of hydrogen-bond acceptors (Lipinski definition) is 0. The van der Waals surface area contributed by atoms with Gasteiger partial charge in [-0.2, -0.15) is 0 Å². The van der Waals surface area contributed by atoms with Crippen molar-refractivity contribution in [1.82, 2.24) is 0 Å². The van der Waals surface area contributed by atoms with Crippen molar-refractivity contribution in [2.24, 2.45) is 0 Å². The Kier molecular flexibility index (Phi) is 10.9. The number of halogens is 1. The highest BCUT2D eigenvalue weighted by Crippen LogP contribution is 2.07. The molecule has 0 aromatic carbocycles. The summed E-state index contributed by atoms with van der Waals surface area (Å²) in [5.74, 6) is 0. The molecule has 0 radical (unpaired) electrons. The van der Waals surface area contributed by atoms with Gasteiger partial charge in [0, 0.05) is 0 Å². The van der Waals surface area contributed by atoms with Gasteiger partial charge < -0.3 is 0 Å². The first kappa shape index (κ1) is 11.5. The summed E-state index contributed by atoms with van der Waals surface area (Å²) in [5.41, 5.74) is 0. The van der Waals surface area contributed by atoms with Gasteiger partial charge in [-0.1, -0.05) is 67.7 Å². The van der Waals surface area contributed by atoms with Crippen LogP contribution >= 0.6 is 22.6 Å². The quantitative estimate of drug-likeness (QED) is 0.463. The molecule has 0 spiro atoms. The third-order valence-electron chi connectivity index (χ3n) is 1.81. The monoisotopic (exact) mass is 266 g/mol. The highest BCUT2D eigenvalue weighted by molar-refractivity contribution is 14.1. The average Bonchev–Trinajstić information content (AvgIpc) is 2.03. The number of rotatable bonds is 7. The smallest absolute Gasteiger partial charge is 0.0274 e. The SMILES string of the molecule is CCCCCCCCC=CI. The molecule has 0 fully saturated rings. The van der Waals surface area contributed by atoms with Crippen molar-refractivity contribution >= 4 is 22.6 Å². The molecule has 0 unspecified atom stereocenters. The molecular formula is C10H19I. The zero-order chi connectivity index (χ0) is 8.36.